The van der Waals surface area contributed by atoms with Gasteiger partial charge in [-0.3, -0.25) is 9.59 Å². The highest BCUT2D eigenvalue weighted by Crippen LogP contribution is 2.21. The number of benzene rings is 1. The summed E-state index contributed by atoms with van der Waals surface area (Å²) < 4.78 is 13.3. The number of carbonyl (C=O) groups is 1. The van der Waals surface area contributed by atoms with Crippen molar-refractivity contribution < 1.29 is 9.18 Å². The summed E-state index contributed by atoms with van der Waals surface area (Å²) in [7, 11) is 0. The minimum Gasteiger partial charge on any atom is -0.322 e. The van der Waals surface area contributed by atoms with Crippen molar-refractivity contribution in [2.24, 2.45) is 0 Å². The van der Waals surface area contributed by atoms with Gasteiger partial charge in [0.15, 0.2) is 0 Å². The van der Waals surface area contributed by atoms with E-state index in [1.54, 1.807) is 12.1 Å². The number of carbonyl (C=O) groups excluding carboxylic acids is 1. The van der Waals surface area contributed by atoms with E-state index in [0.717, 1.165) is 10.9 Å². The lowest BCUT2D eigenvalue weighted by atomic mass is 10.2. The maximum atomic E-state index is 13.3. The second-order valence-corrected chi connectivity index (χ2v) is 5.80. The quantitative estimate of drug-likeness (QED) is 0.767. The molecule has 0 spiro atoms. The largest absolute Gasteiger partial charge is 0.322 e. The second kappa shape index (κ2) is 6.48. The molecule has 0 saturated carbocycles. The van der Waals surface area contributed by atoms with Gasteiger partial charge >= 0.3 is 0 Å². The van der Waals surface area contributed by atoms with E-state index in [0.29, 0.717) is 5.69 Å². The number of hydrogen-bond donors (Lipinski definition) is 2. The lowest BCUT2D eigenvalue weighted by Crippen LogP contribution is -2.23. The van der Waals surface area contributed by atoms with Crippen molar-refractivity contribution in [3.63, 3.8) is 0 Å². The van der Waals surface area contributed by atoms with Crippen LogP contribution in [0.15, 0.2) is 52.6 Å². The number of nitrogens with zero attached hydrogens (tertiary/aromatic N) is 1. The topological polar surface area (TPSA) is 85.8 Å². The normalized spacial score (nSPS) is 10.2. The van der Waals surface area contributed by atoms with E-state index in [2.05, 4.69) is 10.3 Å². The minimum absolute atomic E-state index is 0.0712. The molecule has 0 saturated heterocycles. The van der Waals surface area contributed by atoms with Crippen LogP contribution in [0.4, 0.5) is 10.1 Å². The van der Waals surface area contributed by atoms with Crippen molar-refractivity contribution in [3.05, 3.63) is 75.1 Å². The number of anilines is 1. The standard InChI is InChI=1S/C17H10FN3O2S/c18-13-5-3-11(8-10(13)9-19)20-16(22)12-4-6-14(21-17(12)23)15-2-1-7-24-15/h1-8H,(H,20,22)(H,21,23). The zero-order chi connectivity index (χ0) is 17.1. The average molecular weight is 339 g/mol. The van der Waals surface area contributed by atoms with E-state index in [9.17, 15) is 14.0 Å². The molecule has 0 bridgehead atoms. The lowest BCUT2D eigenvalue weighted by Gasteiger charge is -2.06. The van der Waals surface area contributed by atoms with Crippen LogP contribution >= 0.6 is 11.3 Å². The molecule has 0 aliphatic carbocycles. The summed E-state index contributed by atoms with van der Waals surface area (Å²) in [6.07, 6.45) is 0. The molecule has 3 rings (SSSR count). The number of thiophene rings is 1. The first kappa shape index (κ1) is 15.6. The molecule has 5 nitrogen and oxygen atoms in total. The average Bonchev–Trinajstić information content (AvgIpc) is 3.11. The van der Waals surface area contributed by atoms with E-state index in [1.807, 2.05) is 17.5 Å². The van der Waals surface area contributed by atoms with E-state index in [-0.39, 0.29) is 16.8 Å². The number of H-pyrrole nitrogens is 1. The Hall–Kier alpha value is -3.24. The molecule has 2 heterocycles. The van der Waals surface area contributed by atoms with Gasteiger partial charge in [0.25, 0.3) is 11.5 Å². The minimum atomic E-state index is -0.673. The summed E-state index contributed by atoms with van der Waals surface area (Å²) >= 11 is 1.47. The maximum Gasteiger partial charge on any atom is 0.261 e. The van der Waals surface area contributed by atoms with Gasteiger partial charge in [0.1, 0.15) is 17.4 Å². The molecule has 24 heavy (non-hydrogen) atoms. The zero-order valence-electron chi connectivity index (χ0n) is 12.2. The Kier molecular flexibility index (Phi) is 4.22. The summed E-state index contributed by atoms with van der Waals surface area (Å²) in [5.74, 6) is -1.31. The van der Waals surface area contributed by atoms with Crippen molar-refractivity contribution in [1.82, 2.24) is 4.98 Å². The highest BCUT2D eigenvalue weighted by molar-refractivity contribution is 7.13. The molecule has 7 heteroatoms. The van der Waals surface area contributed by atoms with Gasteiger partial charge in [0, 0.05) is 5.69 Å². The van der Waals surface area contributed by atoms with Gasteiger partial charge in [-0.25, -0.2) is 4.39 Å². The van der Waals surface area contributed by atoms with Gasteiger partial charge in [-0.15, -0.1) is 11.3 Å². The first-order chi connectivity index (χ1) is 11.6. The number of aromatic nitrogens is 1. The molecular formula is C17H10FN3O2S. The van der Waals surface area contributed by atoms with Crippen molar-refractivity contribution in [2.75, 3.05) is 5.32 Å². The number of pyridine rings is 1. The van der Waals surface area contributed by atoms with Gasteiger partial charge in [0.2, 0.25) is 0 Å². The first-order valence-electron chi connectivity index (χ1n) is 6.86. The van der Waals surface area contributed by atoms with Gasteiger partial charge in [-0.05, 0) is 41.8 Å². The van der Waals surface area contributed by atoms with Crippen LogP contribution in [0.25, 0.3) is 10.6 Å². The predicted octanol–water partition coefficient (Wildman–Crippen LogP) is 3.37. The number of aromatic amines is 1. The van der Waals surface area contributed by atoms with Crippen LogP contribution in [0.2, 0.25) is 0 Å². The number of halogens is 1. The Morgan fingerprint density at radius 2 is 2.08 bits per heavy atom. The van der Waals surface area contributed by atoms with Crippen LogP contribution in [-0.4, -0.2) is 10.9 Å². The Morgan fingerprint density at radius 1 is 1.25 bits per heavy atom. The van der Waals surface area contributed by atoms with Crippen molar-refractivity contribution >= 4 is 22.9 Å². The van der Waals surface area contributed by atoms with E-state index >= 15 is 0 Å². The number of nitrogens with one attached hydrogen (secondary N) is 2. The van der Waals surface area contributed by atoms with Crippen molar-refractivity contribution in [3.8, 4) is 16.6 Å². The summed E-state index contributed by atoms with van der Waals surface area (Å²) in [6.45, 7) is 0. The molecule has 3 aromatic rings. The van der Waals surface area contributed by atoms with Crippen LogP contribution in [0.3, 0.4) is 0 Å². The molecule has 0 unspecified atom stereocenters. The molecule has 118 valence electrons. The number of rotatable bonds is 3. The molecule has 0 atom stereocenters. The van der Waals surface area contributed by atoms with Crippen LogP contribution in [0.1, 0.15) is 15.9 Å². The number of nitriles is 1. The fourth-order valence-electron chi connectivity index (χ4n) is 2.12. The van der Waals surface area contributed by atoms with Gasteiger partial charge < -0.3 is 10.3 Å². The molecule has 2 N–H and O–H groups in total. The Balaban J connectivity index is 1.86. The Morgan fingerprint density at radius 3 is 2.75 bits per heavy atom. The predicted molar refractivity (Wildman–Crippen MR) is 89.4 cm³/mol. The van der Waals surface area contributed by atoms with E-state index in [1.165, 1.54) is 29.5 Å². The molecule has 1 aromatic carbocycles. The Labute approximate surface area is 140 Å². The monoisotopic (exact) mass is 339 g/mol. The lowest BCUT2D eigenvalue weighted by molar-refractivity contribution is 0.102. The summed E-state index contributed by atoms with van der Waals surface area (Å²) in [6, 6.07) is 12.1. The van der Waals surface area contributed by atoms with Crippen molar-refractivity contribution in [2.45, 2.75) is 0 Å². The molecule has 1 amide bonds. The fourth-order valence-corrected chi connectivity index (χ4v) is 2.82. The number of hydrogen-bond acceptors (Lipinski definition) is 4. The fraction of sp³-hybridized carbons (Fsp3) is 0. The van der Waals surface area contributed by atoms with E-state index < -0.39 is 17.3 Å². The van der Waals surface area contributed by atoms with Crippen LogP contribution in [0, 0.1) is 17.1 Å². The SMILES string of the molecule is N#Cc1cc(NC(=O)c2ccc(-c3cccs3)[nH]c2=O)ccc1F. The third-order valence-corrected chi connectivity index (χ3v) is 4.19. The smallest absolute Gasteiger partial charge is 0.261 e. The molecular weight excluding hydrogens is 329 g/mol. The first-order valence-corrected chi connectivity index (χ1v) is 7.74. The molecule has 0 radical (unpaired) electrons. The van der Waals surface area contributed by atoms with Gasteiger partial charge in [0.05, 0.1) is 16.1 Å². The summed E-state index contributed by atoms with van der Waals surface area (Å²) in [5.41, 5.74) is 0.0775. The van der Waals surface area contributed by atoms with Gasteiger partial charge in [-0.1, -0.05) is 6.07 Å². The molecule has 0 fully saturated rings. The Bertz CT molecular complexity index is 1000. The summed E-state index contributed by atoms with van der Waals surface area (Å²) in [4.78, 5) is 27.9. The van der Waals surface area contributed by atoms with Crippen LogP contribution in [0.5, 0.6) is 0 Å². The van der Waals surface area contributed by atoms with Gasteiger partial charge in [-0.2, -0.15) is 5.26 Å². The van der Waals surface area contributed by atoms with Crippen LogP contribution < -0.4 is 10.9 Å². The third-order valence-electron chi connectivity index (χ3n) is 3.29. The highest BCUT2D eigenvalue weighted by Gasteiger charge is 2.13. The maximum absolute atomic E-state index is 13.3. The molecule has 0 aliphatic heterocycles. The molecule has 2 aromatic heterocycles. The van der Waals surface area contributed by atoms with Crippen LogP contribution in [-0.2, 0) is 0 Å². The third kappa shape index (κ3) is 3.09. The summed E-state index contributed by atoms with van der Waals surface area (Å²) in [5, 5.41) is 13.2. The second-order valence-electron chi connectivity index (χ2n) is 4.85. The van der Waals surface area contributed by atoms with E-state index in [4.69, 9.17) is 5.26 Å². The molecule has 0 aliphatic rings. The number of amides is 1. The van der Waals surface area contributed by atoms with Crippen molar-refractivity contribution in [1.29, 1.82) is 5.26 Å². The zero-order valence-corrected chi connectivity index (χ0v) is 13.0. The highest BCUT2D eigenvalue weighted by atomic mass is 32.1.